The second kappa shape index (κ2) is 6.11. The molecule has 6 nitrogen and oxygen atoms in total. The van der Waals surface area contributed by atoms with Crippen LogP contribution in [0, 0.1) is 21.4 Å². The van der Waals surface area contributed by atoms with Crippen LogP contribution in [-0.2, 0) is 0 Å². The van der Waals surface area contributed by atoms with Crippen LogP contribution < -0.4 is 10.1 Å². The van der Waals surface area contributed by atoms with Crippen LogP contribution in [0.3, 0.4) is 0 Å². The largest absolute Gasteiger partial charge is 0.495 e. The van der Waals surface area contributed by atoms with Crippen molar-refractivity contribution >= 4 is 28.7 Å². The molecule has 0 aliphatic rings. The number of benzene rings is 2. The van der Waals surface area contributed by atoms with Crippen LogP contribution in [0.15, 0.2) is 36.4 Å². The van der Waals surface area contributed by atoms with Gasteiger partial charge in [-0.1, -0.05) is 17.7 Å². The molecule has 106 valence electrons. The van der Waals surface area contributed by atoms with Gasteiger partial charge in [0.05, 0.1) is 29.4 Å². The summed E-state index contributed by atoms with van der Waals surface area (Å²) in [7, 11) is 1.45. The number of hydrogen-bond donors (Lipinski definition) is 1. The van der Waals surface area contributed by atoms with Gasteiger partial charge in [0.15, 0.2) is 0 Å². The molecule has 0 fully saturated rings. The molecule has 2 aromatic carbocycles. The number of nitriles is 1. The van der Waals surface area contributed by atoms with E-state index in [4.69, 9.17) is 21.6 Å². The summed E-state index contributed by atoms with van der Waals surface area (Å²) in [4.78, 5) is 10.5. The second-order valence-corrected chi connectivity index (χ2v) is 4.45. The third-order valence-corrected chi connectivity index (χ3v) is 3.07. The zero-order chi connectivity index (χ0) is 15.4. The standard InChI is InChI=1S/C14H10ClN3O3/c1-21-13-7-9(8-16)5-6-11(13)17-12-4-2-3-10(15)14(12)18(19)20/h2-7,17H,1H3. The molecule has 2 rings (SSSR count). The molecule has 7 heteroatoms. The van der Waals surface area contributed by atoms with E-state index in [1.54, 1.807) is 30.3 Å². The third-order valence-electron chi connectivity index (χ3n) is 2.77. The lowest BCUT2D eigenvalue weighted by Crippen LogP contribution is -1.99. The Morgan fingerprint density at radius 3 is 2.71 bits per heavy atom. The van der Waals surface area contributed by atoms with Gasteiger partial charge < -0.3 is 10.1 Å². The highest BCUT2D eigenvalue weighted by molar-refractivity contribution is 6.33. The van der Waals surface area contributed by atoms with Crippen molar-refractivity contribution in [2.75, 3.05) is 12.4 Å². The van der Waals surface area contributed by atoms with Gasteiger partial charge in [-0.3, -0.25) is 10.1 Å². The van der Waals surface area contributed by atoms with E-state index < -0.39 is 4.92 Å². The maximum atomic E-state index is 11.1. The second-order valence-electron chi connectivity index (χ2n) is 4.04. The van der Waals surface area contributed by atoms with Gasteiger partial charge in [0.25, 0.3) is 0 Å². The smallest absolute Gasteiger partial charge is 0.311 e. The molecule has 0 aliphatic heterocycles. The summed E-state index contributed by atoms with van der Waals surface area (Å²) in [5.41, 5.74) is 0.959. The fourth-order valence-electron chi connectivity index (χ4n) is 1.81. The Hall–Kier alpha value is -2.78. The van der Waals surface area contributed by atoms with Crippen molar-refractivity contribution < 1.29 is 9.66 Å². The first-order valence-corrected chi connectivity index (χ1v) is 6.22. The number of methoxy groups -OCH3 is 1. The first-order valence-electron chi connectivity index (χ1n) is 5.85. The number of nitro groups is 1. The number of halogens is 1. The Morgan fingerprint density at radius 1 is 1.33 bits per heavy atom. The maximum Gasteiger partial charge on any atom is 0.311 e. The summed E-state index contributed by atoms with van der Waals surface area (Å²) in [6, 6.07) is 11.3. The highest BCUT2D eigenvalue weighted by Gasteiger charge is 2.19. The molecule has 0 heterocycles. The number of nitrogens with one attached hydrogen (secondary N) is 1. The highest BCUT2D eigenvalue weighted by atomic mass is 35.5. The Morgan fingerprint density at radius 2 is 2.10 bits per heavy atom. The summed E-state index contributed by atoms with van der Waals surface area (Å²) in [5.74, 6) is 0.406. The number of anilines is 2. The lowest BCUT2D eigenvalue weighted by atomic mass is 10.2. The van der Waals surface area contributed by atoms with Gasteiger partial charge in [0.2, 0.25) is 0 Å². The van der Waals surface area contributed by atoms with Crippen LogP contribution in [0.1, 0.15) is 5.56 Å². The molecule has 1 N–H and O–H groups in total. The third kappa shape index (κ3) is 3.04. The summed E-state index contributed by atoms with van der Waals surface area (Å²) in [5, 5.41) is 22.9. The molecule has 0 spiro atoms. The average Bonchev–Trinajstić information content (AvgIpc) is 2.47. The molecule has 0 aromatic heterocycles. The van der Waals surface area contributed by atoms with Gasteiger partial charge in [0.1, 0.15) is 16.5 Å². The van der Waals surface area contributed by atoms with E-state index in [0.717, 1.165) is 0 Å². The molecule has 0 saturated carbocycles. The predicted octanol–water partition coefficient (Wildman–Crippen LogP) is 3.87. The molecule has 21 heavy (non-hydrogen) atoms. The van der Waals surface area contributed by atoms with Crippen molar-refractivity contribution in [2.24, 2.45) is 0 Å². The number of ether oxygens (including phenoxy) is 1. The van der Waals surface area contributed by atoms with Crippen molar-refractivity contribution in [2.45, 2.75) is 0 Å². The van der Waals surface area contributed by atoms with Crippen LogP contribution in [0.2, 0.25) is 5.02 Å². The van der Waals surface area contributed by atoms with Gasteiger partial charge in [0, 0.05) is 6.07 Å². The first kappa shape index (κ1) is 14.6. The van der Waals surface area contributed by atoms with Gasteiger partial charge >= 0.3 is 5.69 Å². The summed E-state index contributed by atoms with van der Waals surface area (Å²) >= 11 is 5.86. The van der Waals surface area contributed by atoms with E-state index in [1.807, 2.05) is 6.07 Å². The molecule has 0 bridgehead atoms. The van der Waals surface area contributed by atoms with Crippen molar-refractivity contribution in [3.05, 3.63) is 57.1 Å². The van der Waals surface area contributed by atoms with Crippen LogP contribution in [0.25, 0.3) is 0 Å². The number of hydrogen-bond acceptors (Lipinski definition) is 5. The molecular weight excluding hydrogens is 294 g/mol. The van der Waals surface area contributed by atoms with E-state index in [9.17, 15) is 10.1 Å². The van der Waals surface area contributed by atoms with Crippen LogP contribution in [-0.4, -0.2) is 12.0 Å². The van der Waals surface area contributed by atoms with E-state index in [0.29, 0.717) is 17.0 Å². The minimum atomic E-state index is -0.555. The zero-order valence-electron chi connectivity index (χ0n) is 11.0. The molecule has 0 unspecified atom stereocenters. The van der Waals surface area contributed by atoms with Crippen LogP contribution in [0.4, 0.5) is 17.1 Å². The molecule has 0 saturated heterocycles. The Kier molecular flexibility index (Phi) is 4.26. The van der Waals surface area contributed by atoms with Gasteiger partial charge in [-0.05, 0) is 24.3 Å². The van der Waals surface area contributed by atoms with Crippen LogP contribution >= 0.6 is 11.6 Å². The molecule has 2 aromatic rings. The van der Waals surface area contributed by atoms with Crippen molar-refractivity contribution in [3.63, 3.8) is 0 Å². The monoisotopic (exact) mass is 303 g/mol. The minimum Gasteiger partial charge on any atom is -0.495 e. The zero-order valence-corrected chi connectivity index (χ0v) is 11.7. The molecular formula is C14H10ClN3O3. The molecule has 0 atom stereocenters. The van der Waals surface area contributed by atoms with E-state index in [2.05, 4.69) is 5.32 Å². The van der Waals surface area contributed by atoms with E-state index >= 15 is 0 Å². The molecule has 0 radical (unpaired) electrons. The SMILES string of the molecule is COc1cc(C#N)ccc1Nc1cccc(Cl)c1[N+](=O)[O-]. The normalized spacial score (nSPS) is 9.76. The molecule has 0 aliphatic carbocycles. The minimum absolute atomic E-state index is 0.0395. The average molecular weight is 304 g/mol. The Bertz CT molecular complexity index is 741. The topological polar surface area (TPSA) is 88.2 Å². The molecule has 0 amide bonds. The van der Waals surface area contributed by atoms with E-state index in [1.165, 1.54) is 13.2 Å². The number of rotatable bonds is 4. The van der Waals surface area contributed by atoms with Crippen molar-refractivity contribution in [1.82, 2.24) is 0 Å². The van der Waals surface area contributed by atoms with Crippen LogP contribution in [0.5, 0.6) is 5.75 Å². The van der Waals surface area contributed by atoms with Gasteiger partial charge in [-0.25, -0.2) is 0 Å². The Balaban J connectivity index is 2.46. The lowest BCUT2D eigenvalue weighted by Gasteiger charge is -2.12. The summed E-state index contributed by atoms with van der Waals surface area (Å²) in [6.07, 6.45) is 0. The first-order chi connectivity index (χ1) is 10.1. The fraction of sp³-hybridized carbons (Fsp3) is 0.0714. The highest BCUT2D eigenvalue weighted by Crippen LogP contribution is 2.36. The number of nitro benzene ring substituents is 1. The number of para-hydroxylation sites is 1. The quantitative estimate of drug-likeness (QED) is 0.684. The lowest BCUT2D eigenvalue weighted by molar-refractivity contribution is -0.383. The van der Waals surface area contributed by atoms with Crippen molar-refractivity contribution in [3.8, 4) is 11.8 Å². The van der Waals surface area contributed by atoms with E-state index in [-0.39, 0.29) is 16.4 Å². The Labute approximate surface area is 125 Å². The fourth-order valence-corrected chi connectivity index (χ4v) is 2.05. The maximum absolute atomic E-state index is 11.1. The van der Waals surface area contributed by atoms with Gasteiger partial charge in [-0.15, -0.1) is 0 Å². The van der Waals surface area contributed by atoms with Crippen molar-refractivity contribution in [1.29, 1.82) is 5.26 Å². The van der Waals surface area contributed by atoms with Gasteiger partial charge in [-0.2, -0.15) is 5.26 Å². The summed E-state index contributed by atoms with van der Waals surface area (Å²) < 4.78 is 5.17. The predicted molar refractivity (Wildman–Crippen MR) is 79.1 cm³/mol. The number of nitrogens with zero attached hydrogens (tertiary/aromatic N) is 2. The summed E-state index contributed by atoms with van der Waals surface area (Å²) in [6.45, 7) is 0.